The van der Waals surface area contributed by atoms with Gasteiger partial charge in [-0.2, -0.15) is 0 Å². The topological polar surface area (TPSA) is 51.2 Å². The van der Waals surface area contributed by atoms with Crippen LogP contribution in [0, 0.1) is 5.82 Å². The number of aromatic nitrogens is 1. The second-order valence-corrected chi connectivity index (χ2v) is 3.80. The zero-order valence-corrected chi connectivity index (χ0v) is 10.2. The summed E-state index contributed by atoms with van der Waals surface area (Å²) < 4.78 is 18.2. The fraction of sp³-hybridized carbons (Fsp3) is 0.143. The van der Waals surface area contributed by atoms with E-state index in [-0.39, 0.29) is 18.3 Å². The van der Waals surface area contributed by atoms with Gasteiger partial charge in [0.1, 0.15) is 18.2 Å². The van der Waals surface area contributed by atoms with Crippen molar-refractivity contribution in [3.05, 3.63) is 60.2 Å². The van der Waals surface area contributed by atoms with Gasteiger partial charge in [-0.15, -0.1) is 0 Å². The molecule has 19 heavy (non-hydrogen) atoms. The molecule has 0 aliphatic carbocycles. The first-order valence-electron chi connectivity index (χ1n) is 5.82. The number of carbonyl (C=O) groups excluding carboxylic acids is 1. The van der Waals surface area contributed by atoms with Crippen LogP contribution in [0.5, 0.6) is 5.75 Å². The van der Waals surface area contributed by atoms with Crippen LogP contribution in [-0.2, 0) is 0 Å². The third-order valence-corrected chi connectivity index (χ3v) is 2.38. The van der Waals surface area contributed by atoms with Crippen LogP contribution >= 0.6 is 0 Å². The number of pyridine rings is 1. The molecule has 0 unspecified atom stereocenters. The molecular weight excluding hydrogens is 247 g/mol. The van der Waals surface area contributed by atoms with E-state index in [9.17, 15) is 9.18 Å². The first-order chi connectivity index (χ1) is 9.25. The molecule has 1 aromatic carbocycles. The Morgan fingerprint density at radius 1 is 1.32 bits per heavy atom. The highest BCUT2D eigenvalue weighted by Gasteiger charge is 2.03. The number of benzene rings is 1. The lowest BCUT2D eigenvalue weighted by molar-refractivity contribution is 0.0946. The molecule has 2 aromatic rings. The minimum absolute atomic E-state index is 0.212. The summed E-state index contributed by atoms with van der Waals surface area (Å²) in [7, 11) is 0. The molecule has 1 amide bonds. The highest BCUT2D eigenvalue weighted by Crippen LogP contribution is 2.11. The molecule has 1 N–H and O–H groups in total. The van der Waals surface area contributed by atoms with E-state index >= 15 is 0 Å². The number of rotatable bonds is 5. The first-order valence-corrected chi connectivity index (χ1v) is 5.82. The van der Waals surface area contributed by atoms with Gasteiger partial charge in [0.25, 0.3) is 5.91 Å². The summed E-state index contributed by atoms with van der Waals surface area (Å²) >= 11 is 0. The molecule has 98 valence electrons. The number of nitrogens with one attached hydrogen (secondary N) is 1. The molecule has 0 spiro atoms. The van der Waals surface area contributed by atoms with Crippen molar-refractivity contribution in [2.75, 3.05) is 13.2 Å². The summed E-state index contributed by atoms with van der Waals surface area (Å²) in [5.74, 6) is -0.122. The zero-order valence-electron chi connectivity index (χ0n) is 10.2. The number of ether oxygens (including phenoxy) is 1. The molecule has 0 saturated carbocycles. The second kappa shape index (κ2) is 6.49. The van der Waals surface area contributed by atoms with Crippen LogP contribution < -0.4 is 10.1 Å². The fourth-order valence-corrected chi connectivity index (χ4v) is 1.49. The van der Waals surface area contributed by atoms with Gasteiger partial charge in [0.05, 0.1) is 12.1 Å². The lowest BCUT2D eigenvalue weighted by atomic mass is 10.3. The third kappa shape index (κ3) is 4.06. The van der Waals surface area contributed by atoms with Crippen LogP contribution in [0.25, 0.3) is 0 Å². The SMILES string of the molecule is O=C(NCCOc1cccc(F)c1)c1cccnc1. The average Bonchev–Trinajstić information content (AvgIpc) is 2.44. The van der Waals surface area contributed by atoms with Crippen molar-refractivity contribution < 1.29 is 13.9 Å². The highest BCUT2D eigenvalue weighted by atomic mass is 19.1. The summed E-state index contributed by atoms with van der Waals surface area (Å²) in [6.07, 6.45) is 3.09. The van der Waals surface area contributed by atoms with Gasteiger partial charge in [0, 0.05) is 18.5 Å². The number of carbonyl (C=O) groups is 1. The van der Waals surface area contributed by atoms with E-state index in [1.807, 2.05) is 0 Å². The van der Waals surface area contributed by atoms with Gasteiger partial charge in [0.15, 0.2) is 0 Å². The Hall–Kier alpha value is -2.43. The summed E-state index contributed by atoms with van der Waals surface area (Å²) in [4.78, 5) is 15.5. The van der Waals surface area contributed by atoms with Gasteiger partial charge in [-0.05, 0) is 24.3 Å². The van der Waals surface area contributed by atoms with E-state index in [1.165, 1.54) is 18.3 Å². The van der Waals surface area contributed by atoms with E-state index in [1.54, 1.807) is 30.5 Å². The molecule has 2 rings (SSSR count). The quantitative estimate of drug-likeness (QED) is 0.837. The number of hydrogen-bond donors (Lipinski definition) is 1. The second-order valence-electron chi connectivity index (χ2n) is 3.80. The fourth-order valence-electron chi connectivity index (χ4n) is 1.49. The molecule has 0 bridgehead atoms. The normalized spacial score (nSPS) is 9.95. The largest absolute Gasteiger partial charge is 0.492 e. The summed E-state index contributed by atoms with van der Waals surface area (Å²) in [6.45, 7) is 0.611. The maximum atomic E-state index is 12.9. The average molecular weight is 260 g/mol. The van der Waals surface area contributed by atoms with Crippen molar-refractivity contribution in [2.45, 2.75) is 0 Å². The molecule has 5 heteroatoms. The third-order valence-electron chi connectivity index (χ3n) is 2.38. The minimum Gasteiger partial charge on any atom is -0.492 e. The highest BCUT2D eigenvalue weighted by molar-refractivity contribution is 5.93. The Morgan fingerprint density at radius 3 is 2.95 bits per heavy atom. The standard InChI is InChI=1S/C14H13FN2O2/c15-12-4-1-5-13(9-12)19-8-7-17-14(18)11-3-2-6-16-10-11/h1-6,9-10H,7-8H2,(H,17,18). The van der Waals surface area contributed by atoms with Crippen LogP contribution in [0.3, 0.4) is 0 Å². The van der Waals surface area contributed by atoms with Crippen molar-refractivity contribution >= 4 is 5.91 Å². The predicted molar refractivity (Wildman–Crippen MR) is 68.5 cm³/mol. The Kier molecular flexibility index (Phi) is 4.44. The lowest BCUT2D eigenvalue weighted by Crippen LogP contribution is -2.28. The van der Waals surface area contributed by atoms with Crippen molar-refractivity contribution in [3.63, 3.8) is 0 Å². The Morgan fingerprint density at radius 2 is 2.21 bits per heavy atom. The van der Waals surface area contributed by atoms with E-state index in [0.717, 1.165) is 0 Å². The van der Waals surface area contributed by atoms with Crippen molar-refractivity contribution in [1.29, 1.82) is 0 Å². The monoisotopic (exact) mass is 260 g/mol. The molecule has 4 nitrogen and oxygen atoms in total. The first kappa shape index (κ1) is 13.0. The van der Waals surface area contributed by atoms with Crippen LogP contribution in [0.1, 0.15) is 10.4 Å². The predicted octanol–water partition coefficient (Wildman–Crippen LogP) is 2.03. The molecule has 0 fully saturated rings. The van der Waals surface area contributed by atoms with Crippen molar-refractivity contribution in [2.24, 2.45) is 0 Å². The van der Waals surface area contributed by atoms with Gasteiger partial charge in [-0.3, -0.25) is 9.78 Å². The van der Waals surface area contributed by atoms with Crippen LogP contribution in [0.4, 0.5) is 4.39 Å². The zero-order chi connectivity index (χ0) is 13.5. The van der Waals surface area contributed by atoms with E-state index in [2.05, 4.69) is 10.3 Å². The van der Waals surface area contributed by atoms with Crippen LogP contribution in [0.15, 0.2) is 48.8 Å². The van der Waals surface area contributed by atoms with Gasteiger partial charge in [-0.25, -0.2) is 4.39 Å². The van der Waals surface area contributed by atoms with E-state index < -0.39 is 0 Å². The molecule has 1 heterocycles. The van der Waals surface area contributed by atoms with Gasteiger partial charge < -0.3 is 10.1 Å². The van der Waals surface area contributed by atoms with E-state index in [4.69, 9.17) is 4.74 Å². The summed E-state index contributed by atoms with van der Waals surface area (Å²) in [6, 6.07) is 9.23. The molecule has 1 aromatic heterocycles. The lowest BCUT2D eigenvalue weighted by Gasteiger charge is -2.07. The van der Waals surface area contributed by atoms with Crippen LogP contribution in [-0.4, -0.2) is 24.0 Å². The summed E-state index contributed by atoms with van der Waals surface area (Å²) in [5, 5.41) is 2.69. The minimum atomic E-state index is -0.350. The van der Waals surface area contributed by atoms with Gasteiger partial charge in [-0.1, -0.05) is 6.07 Å². The number of halogens is 1. The molecule has 0 aliphatic heterocycles. The van der Waals surface area contributed by atoms with E-state index in [0.29, 0.717) is 17.9 Å². The summed E-state index contributed by atoms with van der Waals surface area (Å²) in [5.41, 5.74) is 0.494. The number of nitrogens with zero attached hydrogens (tertiary/aromatic N) is 1. The molecule has 0 aliphatic rings. The number of hydrogen-bond acceptors (Lipinski definition) is 3. The Balaban J connectivity index is 1.74. The molecule has 0 radical (unpaired) electrons. The maximum Gasteiger partial charge on any atom is 0.252 e. The number of amides is 1. The Bertz CT molecular complexity index is 546. The van der Waals surface area contributed by atoms with Crippen LogP contribution in [0.2, 0.25) is 0 Å². The molecule has 0 atom stereocenters. The van der Waals surface area contributed by atoms with Gasteiger partial charge >= 0.3 is 0 Å². The van der Waals surface area contributed by atoms with Gasteiger partial charge in [0.2, 0.25) is 0 Å². The molecular formula is C14H13FN2O2. The maximum absolute atomic E-state index is 12.9. The Labute approximate surface area is 110 Å². The smallest absolute Gasteiger partial charge is 0.252 e. The molecule has 0 saturated heterocycles. The van der Waals surface area contributed by atoms with Crippen molar-refractivity contribution in [1.82, 2.24) is 10.3 Å². The van der Waals surface area contributed by atoms with Crippen molar-refractivity contribution in [3.8, 4) is 5.75 Å².